The average molecular weight is 599 g/mol. The van der Waals surface area contributed by atoms with E-state index >= 15 is 0 Å². The van der Waals surface area contributed by atoms with Crippen molar-refractivity contribution in [2.75, 3.05) is 18.1 Å². The molecule has 9 nitrogen and oxygen atoms in total. The predicted octanol–water partition coefficient (Wildman–Crippen LogP) is 5.73. The third kappa shape index (κ3) is 5.53. The molecule has 1 aliphatic rings. The van der Waals surface area contributed by atoms with Crippen LogP contribution in [0.2, 0.25) is 0 Å². The van der Waals surface area contributed by atoms with Crippen LogP contribution in [0.3, 0.4) is 0 Å². The standard InChI is InChI=1S/C33H30N2O7S/c1-3-40-31-25-10-6-7-11-26(25)32(41-4-2)30-27(31)19-35(33(30)37)23-15-13-21(14-16-23)20-43(38,39)34-29(36)18-24-17-22-9-5-8-12-28(22)42-24/h5-17H,3-4,18-20H2,1-2H3,(H,34,36). The Bertz CT molecular complexity index is 1930. The number of carbonyl (C=O) groups excluding carboxylic acids is 2. The Morgan fingerprint density at radius 1 is 0.907 bits per heavy atom. The monoisotopic (exact) mass is 598 g/mol. The SMILES string of the molecule is CCOc1c2c(c(OCC)c3ccccc13)C(=O)N(c1ccc(CS(=O)(=O)NC(=O)Cc3cc4ccccc4o3)cc1)C2. The predicted molar refractivity (Wildman–Crippen MR) is 164 cm³/mol. The van der Waals surface area contributed by atoms with Gasteiger partial charge < -0.3 is 18.8 Å². The molecule has 2 heterocycles. The van der Waals surface area contributed by atoms with E-state index in [1.165, 1.54) is 0 Å². The van der Waals surface area contributed by atoms with Crippen molar-refractivity contribution in [1.29, 1.82) is 0 Å². The van der Waals surface area contributed by atoms with Gasteiger partial charge >= 0.3 is 0 Å². The first-order chi connectivity index (χ1) is 20.8. The maximum absolute atomic E-state index is 13.8. The zero-order valence-electron chi connectivity index (χ0n) is 23.8. The van der Waals surface area contributed by atoms with E-state index in [4.69, 9.17) is 13.9 Å². The molecular weight excluding hydrogens is 568 g/mol. The molecule has 0 saturated carbocycles. The largest absolute Gasteiger partial charge is 0.493 e. The number of nitrogens with zero attached hydrogens (tertiary/aromatic N) is 1. The van der Waals surface area contributed by atoms with Gasteiger partial charge in [0.2, 0.25) is 15.9 Å². The Morgan fingerprint density at radius 3 is 2.26 bits per heavy atom. The Kier molecular flexibility index (Phi) is 7.53. The molecule has 4 aromatic carbocycles. The first kappa shape index (κ1) is 28.3. The van der Waals surface area contributed by atoms with E-state index in [9.17, 15) is 18.0 Å². The first-order valence-corrected chi connectivity index (χ1v) is 15.7. The van der Waals surface area contributed by atoms with E-state index < -0.39 is 21.7 Å². The summed E-state index contributed by atoms with van der Waals surface area (Å²) in [6, 6.07) is 23.4. The van der Waals surface area contributed by atoms with E-state index in [0.717, 1.165) is 21.7 Å². The maximum atomic E-state index is 13.8. The third-order valence-corrected chi connectivity index (χ3v) is 8.51. The van der Waals surface area contributed by atoms with Crippen molar-refractivity contribution in [3.63, 3.8) is 0 Å². The Labute approximate surface area is 249 Å². The van der Waals surface area contributed by atoms with Gasteiger partial charge in [0.15, 0.2) is 0 Å². The number of para-hydroxylation sites is 1. The molecule has 0 bridgehead atoms. The molecule has 0 fully saturated rings. The normalized spacial score (nSPS) is 13.0. The topological polar surface area (TPSA) is 115 Å². The highest BCUT2D eigenvalue weighted by Crippen LogP contribution is 2.46. The first-order valence-electron chi connectivity index (χ1n) is 14.0. The molecule has 220 valence electrons. The molecule has 0 unspecified atom stereocenters. The van der Waals surface area contributed by atoms with Gasteiger partial charge in [-0.25, -0.2) is 8.42 Å². The lowest BCUT2D eigenvalue weighted by atomic mass is 9.99. The molecule has 0 atom stereocenters. The minimum atomic E-state index is -3.97. The Morgan fingerprint density at radius 2 is 1.56 bits per heavy atom. The van der Waals surface area contributed by atoms with Gasteiger partial charge in [0.05, 0.1) is 37.5 Å². The minimum absolute atomic E-state index is 0.201. The summed E-state index contributed by atoms with van der Waals surface area (Å²) in [6.07, 6.45) is -0.201. The summed E-state index contributed by atoms with van der Waals surface area (Å²) < 4.78 is 45.3. The van der Waals surface area contributed by atoms with Gasteiger partial charge in [-0.2, -0.15) is 0 Å². The summed E-state index contributed by atoms with van der Waals surface area (Å²) in [4.78, 5) is 27.9. The summed E-state index contributed by atoms with van der Waals surface area (Å²) >= 11 is 0. The van der Waals surface area contributed by atoms with Crippen LogP contribution in [0.15, 0.2) is 83.3 Å². The van der Waals surface area contributed by atoms with E-state index in [1.54, 1.807) is 41.3 Å². The van der Waals surface area contributed by atoms with Crippen molar-refractivity contribution in [2.24, 2.45) is 0 Å². The highest BCUT2D eigenvalue weighted by molar-refractivity contribution is 7.89. The van der Waals surface area contributed by atoms with Gasteiger partial charge in [-0.15, -0.1) is 0 Å². The molecule has 43 heavy (non-hydrogen) atoms. The van der Waals surface area contributed by atoms with Crippen LogP contribution in [-0.2, 0) is 33.5 Å². The number of rotatable bonds is 10. The Balaban J connectivity index is 1.19. The number of amides is 2. The lowest BCUT2D eigenvalue weighted by Gasteiger charge is -2.16. The van der Waals surface area contributed by atoms with Crippen LogP contribution in [0.4, 0.5) is 5.69 Å². The summed E-state index contributed by atoms with van der Waals surface area (Å²) in [5.74, 6) is 0.268. The zero-order valence-corrected chi connectivity index (χ0v) is 24.6. The molecule has 0 saturated heterocycles. The van der Waals surface area contributed by atoms with Crippen molar-refractivity contribution in [2.45, 2.75) is 32.6 Å². The molecule has 10 heteroatoms. The average Bonchev–Trinajstić information content (AvgIpc) is 3.55. The number of hydrogen-bond acceptors (Lipinski definition) is 7. The van der Waals surface area contributed by atoms with Crippen LogP contribution in [0.5, 0.6) is 11.5 Å². The van der Waals surface area contributed by atoms with Gasteiger partial charge in [0, 0.05) is 27.4 Å². The number of anilines is 1. The van der Waals surface area contributed by atoms with Gasteiger partial charge in [0.1, 0.15) is 22.8 Å². The van der Waals surface area contributed by atoms with E-state index in [-0.39, 0.29) is 18.9 Å². The molecule has 1 aliphatic heterocycles. The van der Waals surface area contributed by atoms with Crippen LogP contribution >= 0.6 is 0 Å². The number of hydrogen-bond donors (Lipinski definition) is 1. The molecular formula is C33H30N2O7S. The third-order valence-electron chi connectivity index (χ3n) is 7.26. The van der Waals surface area contributed by atoms with E-state index in [2.05, 4.69) is 4.72 Å². The highest BCUT2D eigenvalue weighted by Gasteiger charge is 2.36. The van der Waals surface area contributed by atoms with Crippen LogP contribution in [-0.4, -0.2) is 33.4 Å². The molecule has 1 N–H and O–H groups in total. The second kappa shape index (κ2) is 11.4. The minimum Gasteiger partial charge on any atom is -0.493 e. The summed E-state index contributed by atoms with van der Waals surface area (Å²) in [5, 5.41) is 2.53. The summed E-state index contributed by atoms with van der Waals surface area (Å²) in [7, 11) is -3.97. The molecule has 0 spiro atoms. The summed E-state index contributed by atoms with van der Waals surface area (Å²) in [6.45, 7) is 4.90. The van der Waals surface area contributed by atoms with Crippen molar-refractivity contribution in [1.82, 2.24) is 4.72 Å². The van der Waals surface area contributed by atoms with Crippen LogP contribution in [0, 0.1) is 0 Å². The Hall–Kier alpha value is -4.83. The van der Waals surface area contributed by atoms with Crippen molar-refractivity contribution in [3.05, 3.63) is 101 Å². The van der Waals surface area contributed by atoms with Gasteiger partial charge in [0.25, 0.3) is 5.91 Å². The number of nitrogens with one attached hydrogen (secondary N) is 1. The van der Waals surface area contributed by atoms with Crippen molar-refractivity contribution in [3.8, 4) is 11.5 Å². The van der Waals surface area contributed by atoms with Crippen molar-refractivity contribution >= 4 is 49.3 Å². The number of furan rings is 1. The van der Waals surface area contributed by atoms with Crippen LogP contribution < -0.4 is 19.1 Å². The molecule has 5 aromatic rings. The fourth-order valence-electron chi connectivity index (χ4n) is 5.50. The van der Waals surface area contributed by atoms with Gasteiger partial charge in [-0.05, 0) is 43.7 Å². The summed E-state index contributed by atoms with van der Waals surface area (Å²) in [5.41, 5.74) is 2.93. The quantitative estimate of drug-likeness (QED) is 0.218. The molecule has 0 aliphatic carbocycles. The maximum Gasteiger partial charge on any atom is 0.262 e. The van der Waals surface area contributed by atoms with Gasteiger partial charge in [-0.3, -0.25) is 14.3 Å². The molecule has 2 amide bonds. The lowest BCUT2D eigenvalue weighted by Crippen LogP contribution is -2.32. The second-order valence-electron chi connectivity index (χ2n) is 10.2. The molecule has 0 radical (unpaired) electrons. The second-order valence-corrected chi connectivity index (χ2v) is 11.9. The number of carbonyl (C=O) groups is 2. The smallest absolute Gasteiger partial charge is 0.262 e. The van der Waals surface area contributed by atoms with E-state index in [0.29, 0.717) is 52.9 Å². The highest BCUT2D eigenvalue weighted by atomic mass is 32.2. The number of benzene rings is 4. The fourth-order valence-corrected chi connectivity index (χ4v) is 6.62. The van der Waals surface area contributed by atoms with E-state index in [1.807, 2.05) is 56.3 Å². The number of fused-ring (bicyclic) bond motifs is 3. The van der Waals surface area contributed by atoms with Crippen molar-refractivity contribution < 1.29 is 31.9 Å². The van der Waals surface area contributed by atoms with Crippen LogP contribution in [0.25, 0.3) is 21.7 Å². The molecule has 1 aromatic heterocycles. The molecule has 6 rings (SSSR count). The number of sulfonamides is 1. The number of ether oxygens (including phenoxy) is 2. The van der Waals surface area contributed by atoms with Crippen LogP contribution in [0.1, 0.15) is 41.1 Å². The fraction of sp³-hybridized carbons (Fsp3) is 0.212. The lowest BCUT2D eigenvalue weighted by molar-refractivity contribution is -0.118. The zero-order chi connectivity index (χ0) is 30.1. The van der Waals surface area contributed by atoms with Gasteiger partial charge in [-0.1, -0.05) is 54.6 Å².